The number of anilines is 2. The standard InChI is InChI=1S/C17H20ClN5O4S3/c1-29-9-3-8-19-17(28)21-20-15-7-6-14(11-16(15)23(24)25)30(26,27)22-13-5-2-4-12(18)10-13/h2,4-7,10-11,20,22H,3,8-9H2,1H3,(H2,19,21,28). The number of halogens is 1. The van der Waals surface area contributed by atoms with Crippen LogP contribution >= 0.6 is 35.6 Å². The van der Waals surface area contributed by atoms with Crippen molar-refractivity contribution in [1.29, 1.82) is 0 Å². The lowest BCUT2D eigenvalue weighted by Gasteiger charge is -2.13. The number of rotatable bonds is 10. The number of thioether (sulfide) groups is 1. The molecule has 0 unspecified atom stereocenters. The van der Waals surface area contributed by atoms with E-state index in [2.05, 4.69) is 20.9 Å². The monoisotopic (exact) mass is 489 g/mol. The fraction of sp³-hybridized carbons (Fsp3) is 0.235. The minimum absolute atomic E-state index is 0.0648. The topological polar surface area (TPSA) is 125 Å². The van der Waals surface area contributed by atoms with Crippen molar-refractivity contribution in [3.63, 3.8) is 0 Å². The number of nitro benzene ring substituents is 1. The van der Waals surface area contributed by atoms with Crippen LogP contribution in [0.5, 0.6) is 0 Å². The van der Waals surface area contributed by atoms with Crippen LogP contribution in [0.3, 0.4) is 0 Å². The number of hydrazine groups is 1. The van der Waals surface area contributed by atoms with E-state index in [1.54, 1.807) is 23.9 Å². The van der Waals surface area contributed by atoms with Crippen LogP contribution in [0, 0.1) is 10.1 Å². The summed E-state index contributed by atoms with van der Waals surface area (Å²) in [5.41, 5.74) is 5.17. The van der Waals surface area contributed by atoms with Crippen LogP contribution in [-0.4, -0.2) is 37.0 Å². The summed E-state index contributed by atoms with van der Waals surface area (Å²) in [5.74, 6) is 0.980. The molecule has 0 aliphatic heterocycles. The molecule has 0 fully saturated rings. The van der Waals surface area contributed by atoms with Gasteiger partial charge in [0.15, 0.2) is 5.11 Å². The van der Waals surface area contributed by atoms with Gasteiger partial charge in [-0.3, -0.25) is 25.7 Å². The van der Waals surface area contributed by atoms with Crippen LogP contribution in [0.1, 0.15) is 6.42 Å². The van der Waals surface area contributed by atoms with Crippen molar-refractivity contribution in [3.8, 4) is 0 Å². The van der Waals surface area contributed by atoms with Gasteiger partial charge in [0.05, 0.1) is 15.5 Å². The molecule has 0 aliphatic carbocycles. The van der Waals surface area contributed by atoms with E-state index in [0.29, 0.717) is 11.6 Å². The van der Waals surface area contributed by atoms with Crippen molar-refractivity contribution in [1.82, 2.24) is 10.7 Å². The van der Waals surface area contributed by atoms with Gasteiger partial charge >= 0.3 is 0 Å². The Morgan fingerprint density at radius 3 is 2.70 bits per heavy atom. The maximum Gasteiger partial charge on any atom is 0.295 e. The summed E-state index contributed by atoms with van der Waals surface area (Å²) >= 11 is 12.7. The predicted molar refractivity (Wildman–Crippen MR) is 126 cm³/mol. The van der Waals surface area contributed by atoms with Gasteiger partial charge in [0, 0.05) is 17.6 Å². The quantitative estimate of drug-likeness (QED) is 0.171. The highest BCUT2D eigenvalue weighted by atomic mass is 35.5. The van der Waals surface area contributed by atoms with E-state index in [-0.39, 0.29) is 21.4 Å². The second-order valence-electron chi connectivity index (χ2n) is 5.90. The first-order valence-corrected chi connectivity index (χ1v) is 12.2. The third-order valence-electron chi connectivity index (χ3n) is 3.67. The number of thiocarbonyl (C=S) groups is 1. The summed E-state index contributed by atoms with van der Waals surface area (Å²) < 4.78 is 27.5. The molecule has 0 saturated heterocycles. The molecule has 9 nitrogen and oxygen atoms in total. The fourth-order valence-corrected chi connectivity index (χ4v) is 4.13. The first-order chi connectivity index (χ1) is 14.2. The number of nitro groups is 1. The smallest absolute Gasteiger partial charge is 0.295 e. The highest BCUT2D eigenvalue weighted by molar-refractivity contribution is 7.98. The van der Waals surface area contributed by atoms with Crippen molar-refractivity contribution in [3.05, 3.63) is 57.6 Å². The Hall–Kier alpha value is -2.28. The molecule has 0 aliphatic rings. The summed E-state index contributed by atoms with van der Waals surface area (Å²) in [6, 6.07) is 9.63. The minimum atomic E-state index is -4.05. The molecular weight excluding hydrogens is 470 g/mol. The van der Waals surface area contributed by atoms with Gasteiger partial charge in [-0.15, -0.1) is 0 Å². The second-order valence-corrected chi connectivity index (χ2v) is 9.42. The van der Waals surface area contributed by atoms with Gasteiger partial charge in [0.2, 0.25) is 0 Å². The summed E-state index contributed by atoms with van der Waals surface area (Å²) in [4.78, 5) is 10.5. The third-order valence-corrected chi connectivity index (χ3v) is 6.23. The molecule has 0 heterocycles. The van der Waals surface area contributed by atoms with Crippen molar-refractivity contribution in [2.75, 3.05) is 28.7 Å². The molecule has 0 bridgehead atoms. The minimum Gasteiger partial charge on any atom is -0.361 e. The van der Waals surface area contributed by atoms with Crippen molar-refractivity contribution in [2.45, 2.75) is 11.3 Å². The zero-order chi connectivity index (χ0) is 22.1. The highest BCUT2D eigenvalue weighted by Gasteiger charge is 2.22. The summed E-state index contributed by atoms with van der Waals surface area (Å²) in [7, 11) is -4.05. The van der Waals surface area contributed by atoms with Gasteiger partial charge in [0.25, 0.3) is 15.7 Å². The zero-order valence-electron chi connectivity index (χ0n) is 15.8. The molecule has 0 spiro atoms. The Balaban J connectivity index is 2.12. The Morgan fingerprint density at radius 2 is 2.03 bits per heavy atom. The van der Waals surface area contributed by atoms with Gasteiger partial charge in [-0.25, -0.2) is 8.42 Å². The highest BCUT2D eigenvalue weighted by Crippen LogP contribution is 2.28. The molecule has 30 heavy (non-hydrogen) atoms. The van der Waals surface area contributed by atoms with E-state index < -0.39 is 20.6 Å². The van der Waals surface area contributed by atoms with Crippen LogP contribution in [0.25, 0.3) is 0 Å². The van der Waals surface area contributed by atoms with Crippen LogP contribution in [-0.2, 0) is 10.0 Å². The number of nitrogens with one attached hydrogen (secondary N) is 4. The molecular formula is C17H20ClN5O4S3. The molecule has 0 aromatic heterocycles. The molecule has 0 radical (unpaired) electrons. The van der Waals surface area contributed by atoms with E-state index in [1.807, 2.05) is 6.26 Å². The maximum atomic E-state index is 12.6. The Bertz CT molecular complexity index is 1020. The number of nitrogens with zero attached hydrogens (tertiary/aromatic N) is 1. The Labute approximate surface area is 189 Å². The lowest BCUT2D eigenvalue weighted by molar-refractivity contribution is -0.384. The average molecular weight is 490 g/mol. The Kier molecular flexibility index (Phi) is 8.96. The number of sulfonamides is 1. The summed E-state index contributed by atoms with van der Waals surface area (Å²) in [6.45, 7) is 0.656. The van der Waals surface area contributed by atoms with E-state index in [9.17, 15) is 18.5 Å². The lowest BCUT2D eigenvalue weighted by atomic mass is 10.3. The van der Waals surface area contributed by atoms with Gasteiger partial charge in [-0.05, 0) is 61.0 Å². The molecule has 2 aromatic rings. The molecule has 0 saturated carbocycles. The van der Waals surface area contributed by atoms with Crippen molar-refractivity contribution < 1.29 is 13.3 Å². The molecule has 13 heteroatoms. The molecule has 162 valence electrons. The lowest BCUT2D eigenvalue weighted by Crippen LogP contribution is -2.39. The van der Waals surface area contributed by atoms with Crippen LogP contribution in [0.2, 0.25) is 5.02 Å². The molecule has 2 aromatic carbocycles. The molecule has 0 amide bonds. The van der Waals surface area contributed by atoms with Crippen molar-refractivity contribution in [2.24, 2.45) is 0 Å². The van der Waals surface area contributed by atoms with Crippen LogP contribution < -0.4 is 20.9 Å². The normalized spacial score (nSPS) is 10.9. The Morgan fingerprint density at radius 1 is 1.27 bits per heavy atom. The second kappa shape index (κ2) is 11.2. The number of hydrogen-bond acceptors (Lipinski definition) is 7. The molecule has 2 rings (SSSR count). The van der Waals surface area contributed by atoms with Gasteiger partial charge in [-0.2, -0.15) is 11.8 Å². The average Bonchev–Trinajstić information content (AvgIpc) is 2.69. The summed E-state index contributed by atoms with van der Waals surface area (Å²) in [5, 5.41) is 15.0. The van der Waals surface area contributed by atoms with Gasteiger partial charge < -0.3 is 5.32 Å². The third kappa shape index (κ3) is 7.20. The van der Waals surface area contributed by atoms with Gasteiger partial charge in [0.1, 0.15) is 5.69 Å². The first kappa shape index (κ1) is 24.0. The maximum absolute atomic E-state index is 12.6. The van der Waals surface area contributed by atoms with E-state index >= 15 is 0 Å². The molecule has 4 N–H and O–H groups in total. The zero-order valence-corrected chi connectivity index (χ0v) is 19.1. The van der Waals surface area contributed by atoms with E-state index in [1.165, 1.54) is 24.3 Å². The van der Waals surface area contributed by atoms with E-state index in [0.717, 1.165) is 18.2 Å². The molecule has 0 atom stereocenters. The summed E-state index contributed by atoms with van der Waals surface area (Å²) in [6.07, 6.45) is 2.92. The van der Waals surface area contributed by atoms with Crippen LogP contribution in [0.4, 0.5) is 17.1 Å². The number of hydrogen-bond donors (Lipinski definition) is 4. The van der Waals surface area contributed by atoms with E-state index in [4.69, 9.17) is 23.8 Å². The van der Waals surface area contributed by atoms with Gasteiger partial charge in [-0.1, -0.05) is 17.7 Å². The first-order valence-electron chi connectivity index (χ1n) is 8.58. The van der Waals surface area contributed by atoms with Crippen LogP contribution in [0.15, 0.2) is 47.4 Å². The largest absolute Gasteiger partial charge is 0.361 e. The van der Waals surface area contributed by atoms with Crippen molar-refractivity contribution >= 4 is 67.8 Å². The number of benzene rings is 2. The SMILES string of the molecule is CSCCCNC(=S)NNc1ccc(S(=O)(=O)Nc2cccc(Cl)c2)cc1[N+](=O)[O-]. The predicted octanol–water partition coefficient (Wildman–Crippen LogP) is 3.59. The fourth-order valence-electron chi connectivity index (χ4n) is 2.29.